The molecule has 8 nitrogen and oxygen atoms in total. The van der Waals surface area contributed by atoms with Crippen LogP contribution < -0.4 is 16.0 Å². The number of nitrogens with zero attached hydrogens (tertiary/aromatic N) is 3. The third-order valence-electron chi connectivity index (χ3n) is 2.43. The van der Waals surface area contributed by atoms with Crippen LogP contribution in [0, 0.1) is 17.0 Å². The predicted octanol–water partition coefficient (Wildman–Crippen LogP) is 2.42. The third-order valence-corrected chi connectivity index (χ3v) is 2.69. The van der Waals surface area contributed by atoms with Crippen LogP contribution in [-0.2, 0) is 0 Å². The molecule has 0 bridgehead atoms. The van der Waals surface area contributed by atoms with Crippen LogP contribution in [0.3, 0.4) is 0 Å². The van der Waals surface area contributed by atoms with Gasteiger partial charge in [-0.2, -0.15) is 4.98 Å². The molecule has 0 spiro atoms. The molecule has 0 saturated heterocycles. The van der Waals surface area contributed by atoms with Gasteiger partial charge in [-0.25, -0.2) is 10.8 Å². The fourth-order valence-corrected chi connectivity index (χ4v) is 1.54. The van der Waals surface area contributed by atoms with Gasteiger partial charge in [0.15, 0.2) is 0 Å². The van der Waals surface area contributed by atoms with Crippen molar-refractivity contribution in [1.82, 2.24) is 9.97 Å². The zero-order valence-corrected chi connectivity index (χ0v) is 11.1. The fourth-order valence-electron chi connectivity index (χ4n) is 1.41. The second kappa shape index (κ2) is 5.68. The Balaban J connectivity index is 2.38. The van der Waals surface area contributed by atoms with Crippen molar-refractivity contribution in [2.24, 2.45) is 5.84 Å². The lowest BCUT2D eigenvalue weighted by Crippen LogP contribution is -2.10. The number of hydrazine groups is 1. The van der Waals surface area contributed by atoms with Crippen LogP contribution in [0.4, 0.5) is 11.6 Å². The molecule has 104 valence electrons. The van der Waals surface area contributed by atoms with Gasteiger partial charge < -0.3 is 4.74 Å². The number of ether oxygens (including phenoxy) is 1. The molecule has 0 amide bonds. The second-order valence-corrected chi connectivity index (χ2v) is 4.21. The first-order valence-electron chi connectivity index (χ1n) is 5.43. The molecule has 3 N–H and O–H groups in total. The molecular formula is C11H10ClN5O3. The largest absolute Gasteiger partial charge is 0.437 e. The molecule has 1 aromatic heterocycles. The van der Waals surface area contributed by atoms with Gasteiger partial charge in [-0.1, -0.05) is 11.6 Å². The Hall–Kier alpha value is -2.45. The molecular weight excluding hydrogens is 286 g/mol. The number of anilines is 1. The van der Waals surface area contributed by atoms with Gasteiger partial charge in [0, 0.05) is 6.07 Å². The van der Waals surface area contributed by atoms with Crippen molar-refractivity contribution in [3.63, 3.8) is 0 Å². The van der Waals surface area contributed by atoms with Crippen LogP contribution in [0.25, 0.3) is 0 Å². The molecule has 0 radical (unpaired) electrons. The standard InChI is InChI=1S/C11H10ClN5O3/c1-6-2-3-7(17(18)19)4-9(6)20-10-8(12)5-14-11(15-10)16-13/h2-5H,13H2,1H3,(H,14,15,16). The van der Waals surface area contributed by atoms with Gasteiger partial charge in [0.25, 0.3) is 5.69 Å². The number of aryl methyl sites for hydroxylation is 1. The molecule has 0 atom stereocenters. The number of rotatable bonds is 4. The lowest BCUT2D eigenvalue weighted by atomic mass is 10.2. The molecule has 2 aromatic rings. The molecule has 0 aliphatic carbocycles. The van der Waals surface area contributed by atoms with E-state index in [1.165, 1.54) is 18.3 Å². The zero-order valence-electron chi connectivity index (χ0n) is 10.3. The summed E-state index contributed by atoms with van der Waals surface area (Å²) in [7, 11) is 0. The Morgan fingerprint density at radius 1 is 1.50 bits per heavy atom. The third kappa shape index (κ3) is 2.92. The molecule has 0 saturated carbocycles. The summed E-state index contributed by atoms with van der Waals surface area (Å²) in [6.07, 6.45) is 1.31. The number of nitro benzene ring substituents is 1. The Morgan fingerprint density at radius 2 is 2.25 bits per heavy atom. The smallest absolute Gasteiger partial charge is 0.273 e. The van der Waals surface area contributed by atoms with Crippen molar-refractivity contribution in [2.75, 3.05) is 5.43 Å². The fraction of sp³-hybridized carbons (Fsp3) is 0.0909. The highest BCUT2D eigenvalue weighted by Crippen LogP contribution is 2.31. The molecule has 20 heavy (non-hydrogen) atoms. The summed E-state index contributed by atoms with van der Waals surface area (Å²) >= 11 is 5.91. The van der Waals surface area contributed by atoms with E-state index >= 15 is 0 Å². The number of aromatic nitrogens is 2. The Labute approximate surface area is 118 Å². The Kier molecular flexibility index (Phi) is 3.97. The highest BCUT2D eigenvalue weighted by atomic mass is 35.5. The summed E-state index contributed by atoms with van der Waals surface area (Å²) in [5, 5.41) is 10.9. The lowest BCUT2D eigenvalue weighted by Gasteiger charge is -2.09. The number of nitrogen functional groups attached to an aromatic ring is 1. The average molecular weight is 296 g/mol. The highest BCUT2D eigenvalue weighted by molar-refractivity contribution is 6.31. The molecule has 0 aliphatic rings. The van der Waals surface area contributed by atoms with Gasteiger partial charge in [0.1, 0.15) is 10.8 Å². The summed E-state index contributed by atoms with van der Waals surface area (Å²) < 4.78 is 5.49. The van der Waals surface area contributed by atoms with Crippen LogP contribution in [0.15, 0.2) is 24.4 Å². The first kappa shape index (κ1) is 14.0. The molecule has 2 rings (SSSR count). The van der Waals surface area contributed by atoms with Gasteiger partial charge in [0.2, 0.25) is 11.8 Å². The summed E-state index contributed by atoms with van der Waals surface area (Å²) in [5.74, 6) is 5.65. The number of benzene rings is 1. The van der Waals surface area contributed by atoms with Crippen LogP contribution in [0.1, 0.15) is 5.56 Å². The van der Waals surface area contributed by atoms with Gasteiger partial charge in [-0.3, -0.25) is 15.5 Å². The first-order valence-corrected chi connectivity index (χ1v) is 5.81. The van der Waals surface area contributed by atoms with Crippen molar-refractivity contribution < 1.29 is 9.66 Å². The summed E-state index contributed by atoms with van der Waals surface area (Å²) in [5.41, 5.74) is 2.87. The average Bonchev–Trinajstić information content (AvgIpc) is 2.43. The number of halogens is 1. The van der Waals surface area contributed by atoms with E-state index in [0.29, 0.717) is 5.56 Å². The van der Waals surface area contributed by atoms with Gasteiger partial charge >= 0.3 is 0 Å². The van der Waals surface area contributed by atoms with E-state index in [0.717, 1.165) is 0 Å². The van der Waals surface area contributed by atoms with Crippen molar-refractivity contribution in [2.45, 2.75) is 6.92 Å². The minimum atomic E-state index is -0.513. The SMILES string of the molecule is Cc1ccc([N+](=O)[O-])cc1Oc1nc(NN)ncc1Cl. The van der Waals surface area contributed by atoms with E-state index in [4.69, 9.17) is 22.2 Å². The van der Waals surface area contributed by atoms with E-state index in [2.05, 4.69) is 15.4 Å². The molecule has 0 fully saturated rings. The minimum absolute atomic E-state index is 0.0539. The Morgan fingerprint density at radius 3 is 2.90 bits per heavy atom. The van der Waals surface area contributed by atoms with Gasteiger partial charge in [0.05, 0.1) is 17.2 Å². The topological polar surface area (TPSA) is 116 Å². The number of nitro groups is 1. The van der Waals surface area contributed by atoms with E-state index in [-0.39, 0.29) is 28.3 Å². The molecule has 1 aromatic carbocycles. The number of nitrogens with two attached hydrogens (primary N) is 1. The first-order chi connectivity index (χ1) is 9.51. The van der Waals surface area contributed by atoms with E-state index < -0.39 is 4.92 Å². The lowest BCUT2D eigenvalue weighted by molar-refractivity contribution is -0.384. The van der Waals surface area contributed by atoms with Crippen LogP contribution in [0.2, 0.25) is 5.02 Å². The second-order valence-electron chi connectivity index (χ2n) is 3.80. The summed E-state index contributed by atoms with van der Waals surface area (Å²) in [6, 6.07) is 4.25. The number of non-ortho nitro benzene ring substituents is 1. The maximum Gasteiger partial charge on any atom is 0.273 e. The maximum absolute atomic E-state index is 10.8. The van der Waals surface area contributed by atoms with Crippen molar-refractivity contribution in [1.29, 1.82) is 0 Å². The monoisotopic (exact) mass is 295 g/mol. The number of hydrogen-bond acceptors (Lipinski definition) is 7. The molecule has 0 aliphatic heterocycles. The maximum atomic E-state index is 10.8. The van der Waals surface area contributed by atoms with Crippen LogP contribution >= 0.6 is 11.6 Å². The van der Waals surface area contributed by atoms with Crippen molar-refractivity contribution >= 4 is 23.2 Å². The Bertz CT molecular complexity index is 665. The van der Waals surface area contributed by atoms with Crippen molar-refractivity contribution in [3.05, 3.63) is 45.1 Å². The normalized spacial score (nSPS) is 10.2. The van der Waals surface area contributed by atoms with Crippen molar-refractivity contribution in [3.8, 4) is 11.6 Å². The zero-order chi connectivity index (χ0) is 14.7. The van der Waals surface area contributed by atoms with Crippen LogP contribution in [0.5, 0.6) is 11.6 Å². The van der Waals surface area contributed by atoms with Gasteiger partial charge in [-0.15, -0.1) is 0 Å². The number of nitrogens with one attached hydrogen (secondary N) is 1. The van der Waals surface area contributed by atoms with E-state index in [1.54, 1.807) is 13.0 Å². The van der Waals surface area contributed by atoms with E-state index in [1.807, 2.05) is 0 Å². The molecule has 9 heteroatoms. The minimum Gasteiger partial charge on any atom is -0.437 e. The molecule has 0 unspecified atom stereocenters. The van der Waals surface area contributed by atoms with E-state index in [9.17, 15) is 10.1 Å². The summed E-state index contributed by atoms with van der Waals surface area (Å²) in [6.45, 7) is 1.75. The van der Waals surface area contributed by atoms with Crippen LogP contribution in [-0.4, -0.2) is 14.9 Å². The predicted molar refractivity (Wildman–Crippen MR) is 72.8 cm³/mol. The summed E-state index contributed by atoms with van der Waals surface area (Å²) in [4.78, 5) is 18.0. The van der Waals surface area contributed by atoms with Gasteiger partial charge in [-0.05, 0) is 18.6 Å². The quantitative estimate of drug-likeness (QED) is 0.505. The molecule has 1 heterocycles. The number of hydrogen-bond donors (Lipinski definition) is 2. The highest BCUT2D eigenvalue weighted by Gasteiger charge is 2.13.